The molecule has 17 heavy (non-hydrogen) atoms. The third-order valence-corrected chi connectivity index (χ3v) is 3.97. The minimum atomic E-state index is -0.759. The molecule has 0 saturated heterocycles. The molecular formula is C10H13BrN4OS. The molecular weight excluding hydrogens is 304 g/mol. The molecule has 0 saturated carbocycles. The second-order valence-electron chi connectivity index (χ2n) is 3.43. The van der Waals surface area contributed by atoms with Gasteiger partial charge in [-0.25, -0.2) is 9.97 Å². The summed E-state index contributed by atoms with van der Waals surface area (Å²) in [4.78, 5) is 8.54. The lowest BCUT2D eigenvalue weighted by molar-refractivity contribution is 0.684. The average Bonchev–Trinajstić information content (AvgIpc) is 2.76. The van der Waals surface area contributed by atoms with Crippen LogP contribution in [0.2, 0.25) is 0 Å². The number of aromatic nitrogens is 3. The number of hydrogen-bond acceptors (Lipinski definition) is 4. The SMILES string of the molecule is CCS(=O)CCNc1nc(Br)cn2ccnc12. The van der Waals surface area contributed by atoms with Gasteiger partial charge >= 0.3 is 0 Å². The van der Waals surface area contributed by atoms with Gasteiger partial charge in [0.15, 0.2) is 11.5 Å². The van der Waals surface area contributed by atoms with Crippen LogP contribution in [-0.2, 0) is 10.8 Å². The molecule has 0 aliphatic heterocycles. The van der Waals surface area contributed by atoms with Crippen LogP contribution in [0.3, 0.4) is 0 Å². The van der Waals surface area contributed by atoms with Crippen LogP contribution in [0.5, 0.6) is 0 Å². The minimum absolute atomic E-state index is 0.623. The van der Waals surface area contributed by atoms with E-state index in [-0.39, 0.29) is 0 Å². The zero-order valence-corrected chi connectivity index (χ0v) is 11.8. The molecule has 2 aromatic rings. The molecule has 1 unspecified atom stereocenters. The Hall–Kier alpha value is -0.950. The normalized spacial score (nSPS) is 12.8. The van der Waals surface area contributed by atoms with E-state index in [0.29, 0.717) is 23.9 Å². The molecule has 2 rings (SSSR count). The van der Waals surface area contributed by atoms with Crippen LogP contribution in [-0.4, -0.2) is 36.6 Å². The van der Waals surface area contributed by atoms with Crippen LogP contribution < -0.4 is 5.32 Å². The van der Waals surface area contributed by atoms with E-state index in [1.54, 1.807) is 6.20 Å². The van der Waals surface area contributed by atoms with Crippen molar-refractivity contribution in [3.63, 3.8) is 0 Å². The summed E-state index contributed by atoms with van der Waals surface area (Å²) in [5, 5.41) is 3.16. The van der Waals surface area contributed by atoms with Crippen molar-refractivity contribution in [1.29, 1.82) is 0 Å². The Kier molecular flexibility index (Phi) is 4.11. The third kappa shape index (κ3) is 3.04. The molecule has 0 aliphatic carbocycles. The lowest BCUT2D eigenvalue weighted by atomic mass is 10.5. The van der Waals surface area contributed by atoms with E-state index in [2.05, 4.69) is 31.2 Å². The first-order chi connectivity index (χ1) is 8.20. The summed E-state index contributed by atoms with van der Waals surface area (Å²) in [5.41, 5.74) is 0.774. The summed E-state index contributed by atoms with van der Waals surface area (Å²) >= 11 is 3.34. The molecule has 0 amide bonds. The molecule has 7 heteroatoms. The lowest BCUT2D eigenvalue weighted by Crippen LogP contribution is -2.13. The molecule has 1 N–H and O–H groups in total. The van der Waals surface area contributed by atoms with Crippen LogP contribution in [0.1, 0.15) is 6.92 Å². The van der Waals surface area contributed by atoms with Crippen LogP contribution in [0, 0.1) is 0 Å². The molecule has 92 valence electrons. The smallest absolute Gasteiger partial charge is 0.180 e. The number of fused-ring (bicyclic) bond motifs is 1. The van der Waals surface area contributed by atoms with Crippen LogP contribution in [0.15, 0.2) is 23.2 Å². The van der Waals surface area contributed by atoms with Gasteiger partial charge in [0.2, 0.25) is 0 Å². The zero-order chi connectivity index (χ0) is 12.3. The van der Waals surface area contributed by atoms with E-state index >= 15 is 0 Å². The number of hydrogen-bond donors (Lipinski definition) is 1. The molecule has 0 radical (unpaired) electrons. The number of nitrogens with one attached hydrogen (secondary N) is 1. The van der Waals surface area contributed by atoms with Crippen LogP contribution in [0.4, 0.5) is 5.82 Å². The van der Waals surface area contributed by atoms with Crippen LogP contribution in [0.25, 0.3) is 5.65 Å². The molecule has 0 aliphatic rings. The van der Waals surface area contributed by atoms with Crippen molar-refractivity contribution in [3.05, 3.63) is 23.2 Å². The van der Waals surface area contributed by atoms with E-state index < -0.39 is 10.8 Å². The molecule has 2 aromatic heterocycles. The van der Waals surface area contributed by atoms with E-state index in [9.17, 15) is 4.21 Å². The zero-order valence-electron chi connectivity index (χ0n) is 9.39. The van der Waals surface area contributed by atoms with E-state index in [0.717, 1.165) is 10.3 Å². The van der Waals surface area contributed by atoms with Crippen molar-refractivity contribution < 1.29 is 4.21 Å². The first kappa shape index (κ1) is 12.5. The van der Waals surface area contributed by atoms with E-state index in [4.69, 9.17) is 0 Å². The second-order valence-corrected chi connectivity index (χ2v) is 6.11. The summed E-state index contributed by atoms with van der Waals surface area (Å²) in [6.07, 6.45) is 5.42. The van der Waals surface area contributed by atoms with Crippen molar-refractivity contribution in [2.24, 2.45) is 0 Å². The second kappa shape index (κ2) is 5.59. The molecule has 0 bridgehead atoms. The number of anilines is 1. The largest absolute Gasteiger partial charge is 0.366 e. The highest BCUT2D eigenvalue weighted by atomic mass is 79.9. The highest BCUT2D eigenvalue weighted by Crippen LogP contribution is 2.16. The van der Waals surface area contributed by atoms with Gasteiger partial charge in [0.1, 0.15) is 4.60 Å². The number of nitrogens with zero attached hydrogens (tertiary/aromatic N) is 3. The first-order valence-corrected chi connectivity index (χ1v) is 7.57. The number of halogens is 1. The lowest BCUT2D eigenvalue weighted by Gasteiger charge is -2.06. The fourth-order valence-corrected chi connectivity index (χ4v) is 2.46. The Morgan fingerprint density at radius 1 is 1.59 bits per heavy atom. The minimum Gasteiger partial charge on any atom is -0.366 e. The Morgan fingerprint density at radius 2 is 2.41 bits per heavy atom. The summed E-state index contributed by atoms with van der Waals surface area (Å²) in [5.74, 6) is 2.02. The molecule has 0 spiro atoms. The van der Waals surface area contributed by atoms with Crippen molar-refractivity contribution >= 4 is 38.2 Å². The average molecular weight is 317 g/mol. The third-order valence-electron chi connectivity index (χ3n) is 2.29. The Morgan fingerprint density at radius 3 is 3.18 bits per heavy atom. The van der Waals surface area contributed by atoms with Gasteiger partial charge in [-0.1, -0.05) is 6.92 Å². The maximum atomic E-state index is 11.3. The molecule has 0 aromatic carbocycles. The highest BCUT2D eigenvalue weighted by Gasteiger charge is 2.06. The fraction of sp³-hybridized carbons (Fsp3) is 0.400. The maximum Gasteiger partial charge on any atom is 0.180 e. The summed E-state index contributed by atoms with van der Waals surface area (Å²) in [7, 11) is -0.759. The van der Waals surface area contributed by atoms with Crippen molar-refractivity contribution in [2.45, 2.75) is 6.92 Å². The Labute approximate surface area is 110 Å². The van der Waals surface area contributed by atoms with Crippen molar-refractivity contribution in [2.75, 3.05) is 23.4 Å². The molecule has 1 atom stereocenters. The first-order valence-electron chi connectivity index (χ1n) is 5.28. The number of rotatable bonds is 5. The number of imidazole rings is 1. The standard InChI is InChI=1S/C10H13BrN4OS/c1-2-17(16)6-4-12-9-10-13-3-5-15(10)7-8(11)14-9/h3,5,7H,2,4,6H2,1H3,(H,12,14). The predicted octanol–water partition coefficient (Wildman–Crippen LogP) is 1.67. The summed E-state index contributed by atoms with van der Waals surface area (Å²) in [6, 6.07) is 0. The monoisotopic (exact) mass is 316 g/mol. The molecule has 5 nitrogen and oxygen atoms in total. The topological polar surface area (TPSA) is 59.3 Å². The predicted molar refractivity (Wildman–Crippen MR) is 72.7 cm³/mol. The van der Waals surface area contributed by atoms with Gasteiger partial charge < -0.3 is 9.72 Å². The Bertz CT molecular complexity index is 542. The van der Waals surface area contributed by atoms with Crippen molar-refractivity contribution in [3.8, 4) is 0 Å². The van der Waals surface area contributed by atoms with Crippen molar-refractivity contribution in [1.82, 2.24) is 14.4 Å². The van der Waals surface area contributed by atoms with Gasteiger partial charge in [-0.15, -0.1) is 0 Å². The Balaban J connectivity index is 2.12. The highest BCUT2D eigenvalue weighted by molar-refractivity contribution is 9.10. The van der Waals surface area contributed by atoms with E-state index in [1.165, 1.54) is 0 Å². The van der Waals surface area contributed by atoms with Gasteiger partial charge in [0.25, 0.3) is 0 Å². The van der Waals surface area contributed by atoms with Gasteiger partial charge in [0.05, 0.1) is 0 Å². The maximum absolute atomic E-state index is 11.3. The molecule has 2 heterocycles. The quantitative estimate of drug-likeness (QED) is 0.911. The van der Waals surface area contributed by atoms with Gasteiger partial charge in [-0.3, -0.25) is 4.21 Å². The van der Waals surface area contributed by atoms with Gasteiger partial charge in [0, 0.05) is 47.4 Å². The summed E-state index contributed by atoms with van der Waals surface area (Å²) < 4.78 is 13.9. The molecule has 0 fully saturated rings. The van der Waals surface area contributed by atoms with Gasteiger partial charge in [-0.05, 0) is 15.9 Å². The fourth-order valence-electron chi connectivity index (χ4n) is 1.45. The van der Waals surface area contributed by atoms with Gasteiger partial charge in [-0.2, -0.15) is 0 Å². The summed E-state index contributed by atoms with van der Waals surface area (Å²) in [6.45, 7) is 2.55. The van der Waals surface area contributed by atoms with E-state index in [1.807, 2.05) is 23.7 Å². The van der Waals surface area contributed by atoms with Crippen LogP contribution >= 0.6 is 15.9 Å².